The van der Waals surface area contributed by atoms with Crippen LogP contribution in [0, 0.1) is 19.7 Å². The first-order valence-electron chi connectivity index (χ1n) is 8.90. The van der Waals surface area contributed by atoms with Crippen LogP contribution in [0.15, 0.2) is 73.1 Å². The molecule has 4 rings (SSSR count). The van der Waals surface area contributed by atoms with Crippen LogP contribution in [0.4, 0.5) is 10.1 Å². The predicted octanol–water partition coefficient (Wildman–Crippen LogP) is 4.67. The van der Waals surface area contributed by atoms with Crippen molar-refractivity contribution in [3.05, 3.63) is 95.7 Å². The van der Waals surface area contributed by atoms with Crippen molar-refractivity contribution in [3.63, 3.8) is 0 Å². The van der Waals surface area contributed by atoms with Crippen LogP contribution in [-0.2, 0) is 0 Å². The first-order chi connectivity index (χ1) is 13.5. The summed E-state index contributed by atoms with van der Waals surface area (Å²) in [5.74, 6) is 0.0182. The summed E-state index contributed by atoms with van der Waals surface area (Å²) < 4.78 is 16.8. The maximum atomic E-state index is 13.4. The lowest BCUT2D eigenvalue weighted by Gasteiger charge is -2.11. The van der Waals surface area contributed by atoms with Crippen LogP contribution in [0.2, 0.25) is 0 Å². The minimum atomic E-state index is -0.326. The van der Waals surface area contributed by atoms with E-state index in [9.17, 15) is 9.18 Å². The van der Waals surface area contributed by atoms with Crippen molar-refractivity contribution in [1.82, 2.24) is 14.3 Å². The minimum absolute atomic E-state index is 0.251. The number of benzene rings is 2. The molecule has 0 aliphatic heterocycles. The smallest absolute Gasteiger partial charge is 0.261 e. The Labute approximate surface area is 162 Å². The van der Waals surface area contributed by atoms with E-state index in [4.69, 9.17) is 0 Å². The highest BCUT2D eigenvalue weighted by Crippen LogP contribution is 2.24. The third-order valence-corrected chi connectivity index (χ3v) is 4.49. The molecule has 0 radical (unpaired) electrons. The molecule has 0 unspecified atom stereocenters. The molecule has 0 fully saturated rings. The molecule has 1 N–H and O–H groups in total. The monoisotopic (exact) mass is 374 g/mol. The molecule has 0 aliphatic carbocycles. The molecule has 0 saturated carbocycles. The quantitative estimate of drug-likeness (QED) is 0.564. The first kappa shape index (κ1) is 17.7. The second-order valence-electron chi connectivity index (χ2n) is 6.58. The predicted molar refractivity (Wildman–Crippen MR) is 107 cm³/mol. The van der Waals surface area contributed by atoms with Crippen molar-refractivity contribution >= 4 is 11.6 Å². The maximum absolute atomic E-state index is 13.4. The number of carbonyl (C=O) groups is 1. The fourth-order valence-corrected chi connectivity index (χ4v) is 3.09. The fraction of sp³-hybridized carbons (Fsp3) is 0.0909. The van der Waals surface area contributed by atoms with Gasteiger partial charge in [0.1, 0.15) is 11.4 Å². The van der Waals surface area contributed by atoms with Gasteiger partial charge in [0.2, 0.25) is 0 Å². The SMILES string of the molecule is Cc1ccc(NC(=O)c2c(C)nn(-c3ccc(F)cc3)c2-n2cccc2)cc1. The van der Waals surface area contributed by atoms with Gasteiger partial charge in [-0.25, -0.2) is 9.07 Å². The number of aryl methyl sites for hydroxylation is 2. The van der Waals surface area contributed by atoms with Crippen molar-refractivity contribution in [3.8, 4) is 11.5 Å². The molecule has 2 aromatic carbocycles. The summed E-state index contributed by atoms with van der Waals surface area (Å²) in [7, 11) is 0. The van der Waals surface area contributed by atoms with Crippen molar-refractivity contribution < 1.29 is 9.18 Å². The zero-order valence-electron chi connectivity index (χ0n) is 15.6. The van der Waals surface area contributed by atoms with E-state index >= 15 is 0 Å². The second kappa shape index (κ2) is 7.15. The number of amides is 1. The van der Waals surface area contributed by atoms with E-state index in [0.29, 0.717) is 28.5 Å². The largest absolute Gasteiger partial charge is 0.322 e. The molecule has 2 heterocycles. The van der Waals surface area contributed by atoms with Gasteiger partial charge in [-0.15, -0.1) is 0 Å². The molecular formula is C22H19FN4O. The van der Waals surface area contributed by atoms with Crippen molar-refractivity contribution in [2.24, 2.45) is 0 Å². The maximum Gasteiger partial charge on any atom is 0.261 e. The Morgan fingerprint density at radius 3 is 2.25 bits per heavy atom. The van der Waals surface area contributed by atoms with E-state index in [1.807, 2.05) is 60.3 Å². The second-order valence-corrected chi connectivity index (χ2v) is 6.58. The third kappa shape index (κ3) is 3.32. The summed E-state index contributed by atoms with van der Waals surface area (Å²) >= 11 is 0. The Morgan fingerprint density at radius 2 is 1.61 bits per heavy atom. The van der Waals surface area contributed by atoms with E-state index < -0.39 is 0 Å². The zero-order chi connectivity index (χ0) is 19.7. The first-order valence-corrected chi connectivity index (χ1v) is 8.90. The average molecular weight is 374 g/mol. The molecule has 0 saturated heterocycles. The van der Waals surface area contributed by atoms with Gasteiger partial charge in [-0.3, -0.25) is 4.79 Å². The summed E-state index contributed by atoms with van der Waals surface area (Å²) in [6.07, 6.45) is 3.69. The number of carbonyl (C=O) groups excluding carboxylic acids is 1. The molecule has 4 aromatic rings. The Morgan fingerprint density at radius 1 is 0.964 bits per heavy atom. The normalized spacial score (nSPS) is 10.8. The number of halogens is 1. The molecule has 6 heteroatoms. The molecule has 2 aromatic heterocycles. The van der Waals surface area contributed by atoms with Gasteiger partial charge in [0, 0.05) is 18.1 Å². The number of hydrogen-bond acceptors (Lipinski definition) is 2. The Balaban J connectivity index is 1.81. The van der Waals surface area contributed by atoms with Gasteiger partial charge in [-0.1, -0.05) is 17.7 Å². The summed E-state index contributed by atoms with van der Waals surface area (Å²) in [5.41, 5.74) is 3.54. The lowest BCUT2D eigenvalue weighted by Crippen LogP contribution is -2.16. The number of anilines is 1. The van der Waals surface area contributed by atoms with Gasteiger partial charge in [0.15, 0.2) is 5.82 Å². The highest BCUT2D eigenvalue weighted by Gasteiger charge is 2.23. The van der Waals surface area contributed by atoms with Crippen molar-refractivity contribution in [1.29, 1.82) is 0 Å². The van der Waals surface area contributed by atoms with Gasteiger partial charge < -0.3 is 9.88 Å². The lowest BCUT2D eigenvalue weighted by atomic mass is 10.2. The van der Waals surface area contributed by atoms with Gasteiger partial charge in [0.05, 0.1) is 11.4 Å². The van der Waals surface area contributed by atoms with E-state index in [-0.39, 0.29) is 11.7 Å². The number of nitrogens with one attached hydrogen (secondary N) is 1. The molecule has 28 heavy (non-hydrogen) atoms. The summed E-state index contributed by atoms with van der Waals surface area (Å²) in [6, 6.07) is 17.4. The van der Waals surface area contributed by atoms with Crippen LogP contribution in [0.3, 0.4) is 0 Å². The van der Waals surface area contributed by atoms with Crippen LogP contribution in [0.25, 0.3) is 11.5 Å². The van der Waals surface area contributed by atoms with E-state index in [1.54, 1.807) is 23.7 Å². The van der Waals surface area contributed by atoms with Gasteiger partial charge in [-0.05, 0) is 62.4 Å². The molecule has 5 nitrogen and oxygen atoms in total. The third-order valence-electron chi connectivity index (χ3n) is 4.49. The van der Waals surface area contributed by atoms with Gasteiger partial charge >= 0.3 is 0 Å². The Hall–Kier alpha value is -3.67. The average Bonchev–Trinajstić information content (AvgIpc) is 3.31. The molecule has 140 valence electrons. The Bertz CT molecular complexity index is 1110. The van der Waals surface area contributed by atoms with Gasteiger partial charge in [0.25, 0.3) is 5.91 Å². The molecular weight excluding hydrogens is 355 g/mol. The van der Waals surface area contributed by atoms with Crippen LogP contribution in [-0.4, -0.2) is 20.3 Å². The fourth-order valence-electron chi connectivity index (χ4n) is 3.09. The number of nitrogens with zero attached hydrogens (tertiary/aromatic N) is 3. The van der Waals surface area contributed by atoms with Crippen LogP contribution >= 0.6 is 0 Å². The van der Waals surface area contributed by atoms with E-state index in [1.165, 1.54) is 12.1 Å². The van der Waals surface area contributed by atoms with Gasteiger partial charge in [-0.2, -0.15) is 5.10 Å². The highest BCUT2D eigenvalue weighted by atomic mass is 19.1. The van der Waals surface area contributed by atoms with Crippen molar-refractivity contribution in [2.75, 3.05) is 5.32 Å². The molecule has 1 amide bonds. The molecule has 0 bridgehead atoms. The number of hydrogen-bond donors (Lipinski definition) is 1. The minimum Gasteiger partial charge on any atom is -0.322 e. The Kier molecular flexibility index (Phi) is 4.53. The number of rotatable bonds is 4. The molecule has 0 atom stereocenters. The highest BCUT2D eigenvalue weighted by molar-refractivity contribution is 6.07. The van der Waals surface area contributed by atoms with Crippen molar-refractivity contribution in [2.45, 2.75) is 13.8 Å². The molecule has 0 spiro atoms. The summed E-state index contributed by atoms with van der Waals surface area (Å²) in [6.45, 7) is 3.78. The van der Waals surface area contributed by atoms with E-state index in [2.05, 4.69) is 10.4 Å². The van der Waals surface area contributed by atoms with E-state index in [0.717, 1.165) is 5.56 Å². The van der Waals surface area contributed by atoms with Crippen LogP contribution in [0.1, 0.15) is 21.6 Å². The molecule has 0 aliphatic rings. The van der Waals surface area contributed by atoms with Crippen LogP contribution in [0.5, 0.6) is 0 Å². The topological polar surface area (TPSA) is 51.9 Å². The number of aromatic nitrogens is 3. The zero-order valence-corrected chi connectivity index (χ0v) is 15.6. The summed E-state index contributed by atoms with van der Waals surface area (Å²) in [4.78, 5) is 13.1. The van der Waals surface area contributed by atoms with Crippen LogP contribution < -0.4 is 5.32 Å². The standard InChI is InChI=1S/C22H19FN4O/c1-15-5-9-18(10-6-15)24-21(28)20-16(2)25-27(19-11-7-17(23)8-12-19)22(20)26-13-3-4-14-26/h3-14H,1-2H3,(H,24,28). The lowest BCUT2D eigenvalue weighted by molar-refractivity contribution is 0.102. The summed E-state index contributed by atoms with van der Waals surface area (Å²) in [5, 5.41) is 7.49.